The summed E-state index contributed by atoms with van der Waals surface area (Å²) < 4.78 is 12.9. The molecule has 0 unspecified atom stereocenters. The zero-order chi connectivity index (χ0) is 10.9. The molecule has 0 aliphatic carbocycles. The Balaban J connectivity index is 3.49. The molecule has 0 aliphatic rings. The fourth-order valence-electron chi connectivity index (χ4n) is 1.12. The standard InChI is InChI=1S/C8H6FNO4/c1-4-5(8(11)12)2-3-6(9)7(4)10(13)14/h2-3H,1H3,(H,11,12). The molecule has 1 N–H and O–H groups in total. The van der Waals surface area contributed by atoms with Crippen LogP contribution in [0.4, 0.5) is 10.1 Å². The van der Waals surface area contributed by atoms with Gasteiger partial charge in [-0.15, -0.1) is 0 Å². The minimum Gasteiger partial charge on any atom is -0.478 e. The number of benzene rings is 1. The molecule has 0 saturated carbocycles. The van der Waals surface area contributed by atoms with Gasteiger partial charge in [0.25, 0.3) is 0 Å². The summed E-state index contributed by atoms with van der Waals surface area (Å²) in [6.45, 7) is 1.20. The lowest BCUT2D eigenvalue weighted by molar-refractivity contribution is -0.388. The summed E-state index contributed by atoms with van der Waals surface area (Å²) in [5, 5.41) is 19.0. The topological polar surface area (TPSA) is 80.4 Å². The first-order chi connectivity index (χ1) is 6.45. The molecule has 5 nitrogen and oxygen atoms in total. The Labute approximate surface area is 77.9 Å². The fourth-order valence-corrected chi connectivity index (χ4v) is 1.12. The van der Waals surface area contributed by atoms with Crippen LogP contribution in [0.3, 0.4) is 0 Å². The number of aromatic carboxylic acids is 1. The predicted molar refractivity (Wildman–Crippen MR) is 44.8 cm³/mol. The number of nitro groups is 1. The summed E-state index contributed by atoms with van der Waals surface area (Å²) >= 11 is 0. The Kier molecular flexibility index (Phi) is 2.46. The number of hydrogen-bond donors (Lipinski definition) is 1. The second-order valence-electron chi connectivity index (χ2n) is 2.63. The Morgan fingerprint density at radius 2 is 2.14 bits per heavy atom. The summed E-state index contributed by atoms with van der Waals surface area (Å²) in [5.74, 6) is -2.34. The molecular weight excluding hydrogens is 193 g/mol. The van der Waals surface area contributed by atoms with E-state index in [1.807, 2.05) is 0 Å². The summed E-state index contributed by atoms with van der Waals surface area (Å²) in [7, 11) is 0. The van der Waals surface area contributed by atoms with E-state index in [1.165, 1.54) is 6.92 Å². The number of carboxylic acid groups (broad SMARTS) is 1. The number of hydrogen-bond acceptors (Lipinski definition) is 3. The van der Waals surface area contributed by atoms with Gasteiger partial charge in [-0.05, 0) is 19.1 Å². The van der Waals surface area contributed by atoms with E-state index in [0.717, 1.165) is 12.1 Å². The van der Waals surface area contributed by atoms with E-state index in [1.54, 1.807) is 0 Å². The van der Waals surface area contributed by atoms with E-state index < -0.39 is 22.4 Å². The lowest BCUT2D eigenvalue weighted by atomic mass is 10.1. The molecule has 14 heavy (non-hydrogen) atoms. The monoisotopic (exact) mass is 199 g/mol. The van der Waals surface area contributed by atoms with Crippen molar-refractivity contribution in [1.82, 2.24) is 0 Å². The first kappa shape index (κ1) is 10.1. The average Bonchev–Trinajstić information content (AvgIpc) is 2.02. The van der Waals surface area contributed by atoms with Crippen molar-refractivity contribution >= 4 is 11.7 Å². The van der Waals surface area contributed by atoms with Crippen LogP contribution < -0.4 is 0 Å². The highest BCUT2D eigenvalue weighted by Gasteiger charge is 2.22. The van der Waals surface area contributed by atoms with Crippen LogP contribution in [-0.2, 0) is 0 Å². The van der Waals surface area contributed by atoms with Crippen LogP contribution in [0.1, 0.15) is 15.9 Å². The van der Waals surface area contributed by atoms with Gasteiger partial charge in [0.1, 0.15) is 0 Å². The number of nitrogens with zero attached hydrogens (tertiary/aromatic N) is 1. The lowest BCUT2D eigenvalue weighted by Crippen LogP contribution is -2.04. The fraction of sp³-hybridized carbons (Fsp3) is 0.125. The molecule has 0 saturated heterocycles. The Morgan fingerprint density at radius 3 is 2.57 bits per heavy atom. The molecule has 0 aromatic heterocycles. The van der Waals surface area contributed by atoms with Crippen molar-refractivity contribution in [3.05, 3.63) is 39.2 Å². The van der Waals surface area contributed by atoms with Gasteiger partial charge in [0, 0.05) is 5.56 Å². The average molecular weight is 199 g/mol. The number of carbonyl (C=O) groups is 1. The molecule has 74 valence electrons. The third kappa shape index (κ3) is 1.54. The number of rotatable bonds is 2. The number of halogens is 1. The van der Waals surface area contributed by atoms with Crippen LogP contribution in [-0.4, -0.2) is 16.0 Å². The molecule has 0 atom stereocenters. The van der Waals surface area contributed by atoms with Crippen LogP contribution in [0, 0.1) is 22.9 Å². The maximum atomic E-state index is 12.9. The Hall–Kier alpha value is -1.98. The summed E-state index contributed by atoms with van der Waals surface area (Å²) in [5.41, 5.74) is -1.23. The molecule has 0 bridgehead atoms. The SMILES string of the molecule is Cc1c(C(=O)O)ccc(F)c1[N+](=O)[O-]. The Bertz CT molecular complexity index is 416. The van der Waals surface area contributed by atoms with Crippen LogP contribution >= 0.6 is 0 Å². The summed E-state index contributed by atoms with van der Waals surface area (Å²) in [6.07, 6.45) is 0. The van der Waals surface area contributed by atoms with Gasteiger partial charge >= 0.3 is 11.7 Å². The van der Waals surface area contributed by atoms with Crippen molar-refractivity contribution in [2.24, 2.45) is 0 Å². The van der Waals surface area contributed by atoms with Gasteiger partial charge in [-0.3, -0.25) is 10.1 Å². The zero-order valence-corrected chi connectivity index (χ0v) is 7.15. The highest BCUT2D eigenvalue weighted by atomic mass is 19.1. The lowest BCUT2D eigenvalue weighted by Gasteiger charge is -2.01. The van der Waals surface area contributed by atoms with Gasteiger partial charge in [0.2, 0.25) is 5.82 Å². The van der Waals surface area contributed by atoms with Gasteiger partial charge < -0.3 is 5.11 Å². The van der Waals surface area contributed by atoms with E-state index in [2.05, 4.69) is 0 Å². The molecule has 6 heteroatoms. The first-order valence-corrected chi connectivity index (χ1v) is 3.62. The second kappa shape index (κ2) is 3.41. The van der Waals surface area contributed by atoms with Gasteiger partial charge in [-0.2, -0.15) is 4.39 Å². The van der Waals surface area contributed by atoms with Crippen molar-refractivity contribution in [1.29, 1.82) is 0 Å². The smallest absolute Gasteiger partial charge is 0.336 e. The van der Waals surface area contributed by atoms with Crippen molar-refractivity contribution < 1.29 is 19.2 Å². The maximum absolute atomic E-state index is 12.9. The van der Waals surface area contributed by atoms with E-state index in [-0.39, 0.29) is 11.1 Å². The van der Waals surface area contributed by atoms with Crippen LogP contribution in [0.15, 0.2) is 12.1 Å². The largest absolute Gasteiger partial charge is 0.478 e. The first-order valence-electron chi connectivity index (χ1n) is 3.62. The van der Waals surface area contributed by atoms with E-state index in [9.17, 15) is 19.3 Å². The summed E-state index contributed by atoms with van der Waals surface area (Å²) in [4.78, 5) is 20.0. The van der Waals surface area contributed by atoms with Crippen LogP contribution in [0.5, 0.6) is 0 Å². The highest BCUT2D eigenvalue weighted by molar-refractivity contribution is 5.90. The molecule has 0 fully saturated rings. The molecule has 1 rings (SSSR count). The van der Waals surface area contributed by atoms with Crippen molar-refractivity contribution in [2.45, 2.75) is 6.92 Å². The maximum Gasteiger partial charge on any atom is 0.336 e. The molecule has 0 aliphatic heterocycles. The molecule has 0 heterocycles. The van der Waals surface area contributed by atoms with E-state index >= 15 is 0 Å². The molecule has 1 aromatic carbocycles. The normalized spacial score (nSPS) is 9.86. The minimum absolute atomic E-state index is 0.178. The zero-order valence-electron chi connectivity index (χ0n) is 7.15. The minimum atomic E-state index is -1.31. The van der Waals surface area contributed by atoms with Gasteiger partial charge in [0.05, 0.1) is 10.5 Å². The predicted octanol–water partition coefficient (Wildman–Crippen LogP) is 1.74. The number of carboxylic acids is 1. The van der Waals surface area contributed by atoms with Gasteiger partial charge in [-0.1, -0.05) is 0 Å². The second-order valence-corrected chi connectivity index (χ2v) is 2.63. The van der Waals surface area contributed by atoms with E-state index in [0.29, 0.717) is 0 Å². The Morgan fingerprint density at radius 1 is 1.57 bits per heavy atom. The highest BCUT2D eigenvalue weighted by Crippen LogP contribution is 2.24. The third-order valence-corrected chi connectivity index (χ3v) is 1.79. The number of nitro benzene ring substituents is 1. The van der Waals surface area contributed by atoms with Gasteiger partial charge in [-0.25, -0.2) is 4.79 Å². The molecule has 0 spiro atoms. The van der Waals surface area contributed by atoms with Crippen LogP contribution in [0.2, 0.25) is 0 Å². The van der Waals surface area contributed by atoms with Gasteiger partial charge in [0.15, 0.2) is 0 Å². The molecule has 1 aromatic rings. The molecular formula is C8H6FNO4. The van der Waals surface area contributed by atoms with Crippen molar-refractivity contribution in [2.75, 3.05) is 0 Å². The van der Waals surface area contributed by atoms with E-state index in [4.69, 9.17) is 5.11 Å². The van der Waals surface area contributed by atoms with Crippen LogP contribution in [0.25, 0.3) is 0 Å². The summed E-state index contributed by atoms with van der Waals surface area (Å²) in [6, 6.07) is 1.77. The molecule has 0 amide bonds. The third-order valence-electron chi connectivity index (χ3n) is 1.79. The molecule has 0 radical (unpaired) electrons. The van der Waals surface area contributed by atoms with Crippen molar-refractivity contribution in [3.8, 4) is 0 Å². The van der Waals surface area contributed by atoms with Crippen molar-refractivity contribution in [3.63, 3.8) is 0 Å². The quantitative estimate of drug-likeness (QED) is 0.581.